The second-order valence-electron chi connectivity index (χ2n) is 5.50. The second kappa shape index (κ2) is 6.74. The van der Waals surface area contributed by atoms with Crippen LogP contribution in [0.1, 0.15) is 19.3 Å². The van der Waals surface area contributed by atoms with Crippen molar-refractivity contribution in [2.24, 2.45) is 0 Å². The van der Waals surface area contributed by atoms with Crippen molar-refractivity contribution in [1.82, 2.24) is 4.90 Å². The van der Waals surface area contributed by atoms with Gasteiger partial charge in [0, 0.05) is 25.5 Å². The van der Waals surface area contributed by atoms with Crippen LogP contribution in [0.3, 0.4) is 0 Å². The maximum absolute atomic E-state index is 12.9. The van der Waals surface area contributed by atoms with Crippen LogP contribution in [0, 0.1) is 5.82 Å². The minimum atomic E-state index is -4.75. The lowest BCUT2D eigenvalue weighted by Crippen LogP contribution is -2.48. The summed E-state index contributed by atoms with van der Waals surface area (Å²) in [7, 11) is 0. The topological polar surface area (TPSA) is 49.8 Å². The molecule has 2 rings (SSSR count). The van der Waals surface area contributed by atoms with Crippen LogP contribution in [0.4, 0.5) is 17.6 Å². The summed E-state index contributed by atoms with van der Waals surface area (Å²) in [5.41, 5.74) is -2.82. The molecular weight excluding hydrogens is 318 g/mol. The fourth-order valence-electron chi connectivity index (χ4n) is 2.37. The molecule has 1 aromatic rings. The van der Waals surface area contributed by atoms with Crippen molar-refractivity contribution in [1.29, 1.82) is 0 Å². The van der Waals surface area contributed by atoms with Gasteiger partial charge in [-0.25, -0.2) is 4.39 Å². The Bertz CT molecular complexity index is 564. The molecule has 1 aliphatic heterocycles. The lowest BCUT2D eigenvalue weighted by Gasteiger charge is -2.25. The first kappa shape index (κ1) is 17.5. The molecule has 1 atom stereocenters. The molecular formula is C15H17F4NO3. The molecule has 1 aliphatic rings. The average Bonchev–Trinajstić information content (AvgIpc) is 2.87. The van der Waals surface area contributed by atoms with Crippen LogP contribution in [0.15, 0.2) is 24.3 Å². The molecule has 0 spiro atoms. The fraction of sp³-hybridized carbons (Fsp3) is 0.533. The van der Waals surface area contributed by atoms with Gasteiger partial charge in [-0.3, -0.25) is 4.79 Å². The van der Waals surface area contributed by atoms with Crippen LogP contribution in [0.2, 0.25) is 0 Å². The van der Waals surface area contributed by atoms with E-state index in [1.54, 1.807) is 6.07 Å². The number of carbonyl (C=O) groups is 1. The lowest BCUT2D eigenvalue weighted by molar-refractivity contribution is -0.253. The van der Waals surface area contributed by atoms with E-state index in [4.69, 9.17) is 4.74 Å². The zero-order chi connectivity index (χ0) is 17.1. The summed E-state index contributed by atoms with van der Waals surface area (Å²) in [6.07, 6.45) is -4.97. The molecule has 0 unspecified atom stereocenters. The maximum Gasteiger partial charge on any atom is 0.419 e. The predicted octanol–water partition coefficient (Wildman–Crippen LogP) is 2.51. The van der Waals surface area contributed by atoms with Gasteiger partial charge in [0.2, 0.25) is 5.91 Å². The minimum absolute atomic E-state index is 0.00323. The van der Waals surface area contributed by atoms with E-state index in [-0.39, 0.29) is 26.0 Å². The molecule has 0 saturated carbocycles. The highest BCUT2D eigenvalue weighted by atomic mass is 19.4. The normalized spacial score (nSPS) is 21.5. The maximum atomic E-state index is 12.9. The van der Waals surface area contributed by atoms with E-state index in [2.05, 4.69) is 0 Å². The quantitative estimate of drug-likeness (QED) is 0.664. The van der Waals surface area contributed by atoms with Gasteiger partial charge >= 0.3 is 6.18 Å². The number of likely N-dealkylation sites (tertiary alicyclic amines) is 1. The van der Waals surface area contributed by atoms with E-state index < -0.39 is 36.5 Å². The van der Waals surface area contributed by atoms with Crippen LogP contribution in [-0.4, -0.2) is 47.4 Å². The Hall–Kier alpha value is -1.83. The number of hydrogen-bond donors (Lipinski definition) is 1. The van der Waals surface area contributed by atoms with Crippen molar-refractivity contribution in [3.8, 4) is 5.75 Å². The summed E-state index contributed by atoms with van der Waals surface area (Å²) in [5, 5.41) is 9.51. The number of β-amino-alcohol motifs (C(OH)–C–C–N with tert-alkyl or cyclic N) is 1. The monoisotopic (exact) mass is 335 g/mol. The van der Waals surface area contributed by atoms with E-state index in [9.17, 15) is 27.5 Å². The summed E-state index contributed by atoms with van der Waals surface area (Å²) in [6.45, 7) is -0.716. The number of nitrogens with zero attached hydrogens (tertiary/aromatic N) is 1. The Morgan fingerprint density at radius 2 is 2.13 bits per heavy atom. The summed E-state index contributed by atoms with van der Waals surface area (Å²) in [6, 6.07) is 5.52. The molecule has 0 bridgehead atoms. The van der Waals surface area contributed by atoms with Gasteiger partial charge in [0.05, 0.1) is 13.2 Å². The second-order valence-corrected chi connectivity index (χ2v) is 5.50. The van der Waals surface area contributed by atoms with E-state index in [1.165, 1.54) is 18.2 Å². The number of hydrogen-bond acceptors (Lipinski definition) is 3. The number of amides is 1. The van der Waals surface area contributed by atoms with Crippen molar-refractivity contribution >= 4 is 5.91 Å². The third kappa shape index (κ3) is 4.34. The minimum Gasteiger partial charge on any atom is -0.493 e. The SMILES string of the molecule is O=C(CCCOc1cccc(F)c1)N1CC[C@@](O)(C(F)(F)F)C1. The van der Waals surface area contributed by atoms with Gasteiger partial charge in [-0.2, -0.15) is 13.2 Å². The van der Waals surface area contributed by atoms with Gasteiger partial charge < -0.3 is 14.7 Å². The summed E-state index contributed by atoms with van der Waals surface area (Å²) in [5.74, 6) is -0.583. The van der Waals surface area contributed by atoms with E-state index >= 15 is 0 Å². The van der Waals surface area contributed by atoms with Crippen molar-refractivity contribution in [2.75, 3.05) is 19.7 Å². The molecule has 1 aromatic carbocycles. The molecule has 0 aromatic heterocycles. The molecule has 4 nitrogen and oxygen atoms in total. The number of alkyl halides is 3. The van der Waals surface area contributed by atoms with Gasteiger partial charge in [-0.15, -0.1) is 0 Å². The van der Waals surface area contributed by atoms with Gasteiger partial charge in [0.25, 0.3) is 0 Å². The smallest absolute Gasteiger partial charge is 0.419 e. The molecule has 1 amide bonds. The van der Waals surface area contributed by atoms with Crippen LogP contribution in [0.5, 0.6) is 5.75 Å². The highest BCUT2D eigenvalue weighted by Crippen LogP contribution is 2.37. The van der Waals surface area contributed by atoms with Crippen molar-refractivity contribution in [3.63, 3.8) is 0 Å². The van der Waals surface area contributed by atoms with Crippen LogP contribution >= 0.6 is 0 Å². The highest BCUT2D eigenvalue weighted by molar-refractivity contribution is 5.76. The molecule has 1 saturated heterocycles. The number of carbonyl (C=O) groups excluding carboxylic acids is 1. The Kier molecular flexibility index (Phi) is 5.13. The van der Waals surface area contributed by atoms with Gasteiger partial charge in [0.1, 0.15) is 11.6 Å². The first-order chi connectivity index (χ1) is 10.7. The fourth-order valence-corrected chi connectivity index (χ4v) is 2.37. The van der Waals surface area contributed by atoms with Crippen molar-refractivity contribution in [3.05, 3.63) is 30.1 Å². The molecule has 1 fully saturated rings. The Balaban J connectivity index is 1.74. The van der Waals surface area contributed by atoms with Crippen molar-refractivity contribution in [2.45, 2.75) is 31.0 Å². The lowest BCUT2D eigenvalue weighted by atomic mass is 10.0. The standard InChI is InChI=1S/C15H17F4NO3/c16-11-3-1-4-12(9-11)23-8-2-5-13(21)20-7-6-14(22,10-20)15(17,18)19/h1,3-4,9,22H,2,5-8,10H2/t14-/m0/s1. The average molecular weight is 335 g/mol. The Morgan fingerprint density at radius 3 is 2.74 bits per heavy atom. The first-order valence-electron chi connectivity index (χ1n) is 7.16. The van der Waals surface area contributed by atoms with E-state index in [1.807, 2.05) is 0 Å². The Morgan fingerprint density at radius 1 is 1.39 bits per heavy atom. The summed E-state index contributed by atoms with van der Waals surface area (Å²) < 4.78 is 56.2. The molecule has 1 N–H and O–H groups in total. The largest absolute Gasteiger partial charge is 0.493 e. The zero-order valence-corrected chi connectivity index (χ0v) is 12.3. The van der Waals surface area contributed by atoms with Gasteiger partial charge in [-0.1, -0.05) is 6.07 Å². The summed E-state index contributed by atoms with van der Waals surface area (Å²) >= 11 is 0. The molecule has 128 valence electrons. The van der Waals surface area contributed by atoms with Crippen LogP contribution in [0.25, 0.3) is 0 Å². The molecule has 0 aliphatic carbocycles. The van der Waals surface area contributed by atoms with E-state index in [0.29, 0.717) is 5.75 Å². The number of benzene rings is 1. The summed E-state index contributed by atoms with van der Waals surface area (Å²) in [4.78, 5) is 12.9. The Labute approximate surface area is 130 Å². The first-order valence-corrected chi connectivity index (χ1v) is 7.16. The number of halogens is 4. The number of ether oxygens (including phenoxy) is 1. The molecule has 1 heterocycles. The van der Waals surface area contributed by atoms with Crippen molar-refractivity contribution < 1.29 is 32.2 Å². The highest BCUT2D eigenvalue weighted by Gasteiger charge is 2.57. The molecule has 8 heteroatoms. The predicted molar refractivity (Wildman–Crippen MR) is 73.3 cm³/mol. The van der Waals surface area contributed by atoms with Gasteiger partial charge in [0.15, 0.2) is 5.60 Å². The van der Waals surface area contributed by atoms with Crippen LogP contribution in [-0.2, 0) is 4.79 Å². The molecule has 23 heavy (non-hydrogen) atoms. The third-order valence-corrected chi connectivity index (χ3v) is 3.73. The van der Waals surface area contributed by atoms with E-state index in [0.717, 1.165) is 4.90 Å². The molecule has 0 radical (unpaired) electrons. The number of rotatable bonds is 5. The number of aliphatic hydroxyl groups is 1. The van der Waals surface area contributed by atoms with Crippen LogP contribution < -0.4 is 4.74 Å². The van der Waals surface area contributed by atoms with Gasteiger partial charge in [-0.05, 0) is 18.6 Å². The third-order valence-electron chi connectivity index (χ3n) is 3.73. The zero-order valence-electron chi connectivity index (χ0n) is 12.3.